The minimum Gasteiger partial charge on any atom is -0.464 e. The smallest absolute Gasteiger partial charge is 0.271 e. The third-order valence-electron chi connectivity index (χ3n) is 7.46. The van der Waals surface area contributed by atoms with Crippen LogP contribution in [0, 0.1) is 6.92 Å². The molecule has 35 heavy (non-hydrogen) atoms. The molecule has 0 aliphatic heterocycles. The van der Waals surface area contributed by atoms with E-state index < -0.39 is 6.04 Å². The molecule has 2 saturated carbocycles. The molecule has 5 rings (SSSR count). The zero-order valence-electron chi connectivity index (χ0n) is 20.5. The lowest BCUT2D eigenvalue weighted by atomic mass is 9.95. The Kier molecular flexibility index (Phi) is 7.07. The molecule has 0 saturated heterocycles. The van der Waals surface area contributed by atoms with Crippen molar-refractivity contribution in [3.05, 3.63) is 71.8 Å². The van der Waals surface area contributed by atoms with Crippen LogP contribution in [-0.4, -0.2) is 33.8 Å². The monoisotopic (exact) mass is 473 g/mol. The molecular formula is C29H35N3O3. The molecule has 1 aromatic carbocycles. The van der Waals surface area contributed by atoms with E-state index in [1.54, 1.807) is 4.90 Å². The van der Waals surface area contributed by atoms with Gasteiger partial charge in [0, 0.05) is 17.8 Å². The first-order chi connectivity index (χ1) is 17.1. The van der Waals surface area contributed by atoms with E-state index in [1.165, 1.54) is 6.42 Å². The number of carbonyl (C=O) groups excluding carboxylic acids is 2. The van der Waals surface area contributed by atoms with Crippen molar-refractivity contribution in [1.82, 2.24) is 15.2 Å². The number of H-pyrrole nitrogens is 1. The topological polar surface area (TPSA) is 78.3 Å². The number of furan rings is 1. The number of nitrogens with one attached hydrogen (secondary N) is 2. The van der Waals surface area contributed by atoms with Crippen LogP contribution >= 0.6 is 0 Å². The molecule has 1 atom stereocenters. The van der Waals surface area contributed by atoms with Crippen molar-refractivity contribution in [2.45, 2.75) is 82.8 Å². The Balaban J connectivity index is 1.48. The Morgan fingerprint density at radius 3 is 2.31 bits per heavy atom. The summed E-state index contributed by atoms with van der Waals surface area (Å²) in [6.45, 7) is 1.87. The summed E-state index contributed by atoms with van der Waals surface area (Å²) in [5, 5.41) is 3.27. The molecule has 2 aliphatic rings. The van der Waals surface area contributed by atoms with Crippen LogP contribution in [0.15, 0.2) is 59.0 Å². The van der Waals surface area contributed by atoms with Gasteiger partial charge in [0.1, 0.15) is 17.2 Å². The standard InChI is InChI=1S/C29H35N3O3/c1-20-16-19-26(35-20)27(28(33)30-22-12-6-3-7-13-22)32(23-14-8-9-15-23)29(34)25-18-17-24(31-25)21-10-4-2-5-11-21/h2,4-5,10-11,16-19,22-23,27,31H,3,6-9,12-15H2,1H3,(H,30,33)/t27-/m1/s1. The number of hydrogen-bond donors (Lipinski definition) is 2. The van der Waals surface area contributed by atoms with E-state index >= 15 is 0 Å². The maximum Gasteiger partial charge on any atom is 0.271 e. The molecule has 6 nitrogen and oxygen atoms in total. The summed E-state index contributed by atoms with van der Waals surface area (Å²) in [5.41, 5.74) is 2.40. The fourth-order valence-corrected chi connectivity index (χ4v) is 5.64. The number of amides is 2. The van der Waals surface area contributed by atoms with E-state index in [2.05, 4.69) is 10.3 Å². The molecule has 0 radical (unpaired) electrons. The van der Waals surface area contributed by atoms with Crippen LogP contribution in [0.1, 0.15) is 85.8 Å². The number of hydrogen-bond acceptors (Lipinski definition) is 3. The molecule has 6 heteroatoms. The molecule has 0 spiro atoms. The first kappa shape index (κ1) is 23.5. The van der Waals surface area contributed by atoms with E-state index in [9.17, 15) is 9.59 Å². The first-order valence-corrected chi connectivity index (χ1v) is 13.0. The lowest BCUT2D eigenvalue weighted by molar-refractivity contribution is -0.128. The van der Waals surface area contributed by atoms with Crippen LogP contribution < -0.4 is 5.32 Å². The minimum absolute atomic E-state index is 0.00140. The van der Waals surface area contributed by atoms with E-state index in [4.69, 9.17) is 4.42 Å². The van der Waals surface area contributed by atoms with Crippen molar-refractivity contribution < 1.29 is 14.0 Å². The van der Waals surface area contributed by atoms with Gasteiger partial charge in [-0.05, 0) is 62.4 Å². The molecule has 2 amide bonds. The Bertz CT molecular complexity index is 1140. The van der Waals surface area contributed by atoms with Gasteiger partial charge in [0.25, 0.3) is 11.8 Å². The van der Waals surface area contributed by atoms with E-state index in [-0.39, 0.29) is 23.9 Å². The lowest BCUT2D eigenvalue weighted by Gasteiger charge is -2.35. The first-order valence-electron chi connectivity index (χ1n) is 13.0. The summed E-state index contributed by atoms with van der Waals surface area (Å²) in [6, 6.07) is 16.8. The molecule has 2 fully saturated rings. The third kappa shape index (κ3) is 5.21. The number of benzene rings is 1. The Morgan fingerprint density at radius 2 is 1.63 bits per heavy atom. The normalized spacial score (nSPS) is 17.9. The van der Waals surface area contributed by atoms with Gasteiger partial charge in [-0.1, -0.05) is 62.4 Å². The van der Waals surface area contributed by atoms with Crippen molar-refractivity contribution in [3.63, 3.8) is 0 Å². The predicted molar refractivity (Wildman–Crippen MR) is 136 cm³/mol. The number of carbonyl (C=O) groups is 2. The fraction of sp³-hybridized carbons (Fsp3) is 0.448. The maximum atomic E-state index is 14.1. The highest BCUT2D eigenvalue weighted by Crippen LogP contribution is 2.34. The van der Waals surface area contributed by atoms with E-state index in [1.807, 2.05) is 61.5 Å². The third-order valence-corrected chi connectivity index (χ3v) is 7.46. The van der Waals surface area contributed by atoms with Crippen LogP contribution in [0.2, 0.25) is 0 Å². The molecule has 2 heterocycles. The summed E-state index contributed by atoms with van der Waals surface area (Å²) in [6.07, 6.45) is 9.36. The quantitative estimate of drug-likeness (QED) is 0.431. The molecule has 3 aromatic rings. The molecule has 0 bridgehead atoms. The maximum absolute atomic E-state index is 14.1. The SMILES string of the molecule is Cc1ccc([C@H](C(=O)NC2CCCCC2)N(C(=O)c2ccc(-c3ccccc3)[nH]2)C2CCCC2)o1. The van der Waals surface area contributed by atoms with Crippen molar-refractivity contribution >= 4 is 11.8 Å². The molecule has 184 valence electrons. The van der Waals surface area contributed by atoms with Gasteiger partial charge in [-0.2, -0.15) is 0 Å². The highest BCUT2D eigenvalue weighted by molar-refractivity contribution is 5.97. The summed E-state index contributed by atoms with van der Waals surface area (Å²) in [4.78, 5) is 33.0. The van der Waals surface area contributed by atoms with Crippen LogP contribution in [-0.2, 0) is 4.79 Å². The zero-order chi connectivity index (χ0) is 24.2. The summed E-state index contributed by atoms with van der Waals surface area (Å²) in [7, 11) is 0. The molecule has 0 unspecified atom stereocenters. The second-order valence-corrected chi connectivity index (χ2v) is 10.00. The van der Waals surface area contributed by atoms with Gasteiger partial charge >= 0.3 is 0 Å². The number of aromatic amines is 1. The highest BCUT2D eigenvalue weighted by atomic mass is 16.3. The van der Waals surface area contributed by atoms with Crippen LogP contribution in [0.25, 0.3) is 11.3 Å². The second kappa shape index (κ2) is 10.5. The number of aromatic nitrogens is 1. The largest absolute Gasteiger partial charge is 0.464 e. The van der Waals surface area contributed by atoms with Gasteiger partial charge in [-0.3, -0.25) is 9.59 Å². The number of nitrogens with zero attached hydrogens (tertiary/aromatic N) is 1. The fourth-order valence-electron chi connectivity index (χ4n) is 5.64. The minimum atomic E-state index is -0.787. The predicted octanol–water partition coefficient (Wildman–Crippen LogP) is 6.16. The second-order valence-electron chi connectivity index (χ2n) is 10.00. The highest BCUT2D eigenvalue weighted by Gasteiger charge is 2.40. The molecular weight excluding hydrogens is 438 g/mol. The number of aryl methyl sites for hydroxylation is 1. The summed E-state index contributed by atoms with van der Waals surface area (Å²) >= 11 is 0. The zero-order valence-corrected chi connectivity index (χ0v) is 20.5. The Morgan fingerprint density at radius 1 is 0.914 bits per heavy atom. The lowest BCUT2D eigenvalue weighted by Crippen LogP contribution is -2.50. The van der Waals surface area contributed by atoms with Crippen LogP contribution in [0.5, 0.6) is 0 Å². The van der Waals surface area contributed by atoms with Gasteiger partial charge in [0.05, 0.1) is 0 Å². The molecule has 2 aromatic heterocycles. The summed E-state index contributed by atoms with van der Waals surface area (Å²) in [5.74, 6) is 0.977. The van der Waals surface area contributed by atoms with Crippen molar-refractivity contribution in [1.29, 1.82) is 0 Å². The van der Waals surface area contributed by atoms with Crippen molar-refractivity contribution in [3.8, 4) is 11.3 Å². The van der Waals surface area contributed by atoms with Gasteiger partial charge in [0.2, 0.25) is 0 Å². The van der Waals surface area contributed by atoms with Gasteiger partial charge in [0.15, 0.2) is 6.04 Å². The average molecular weight is 474 g/mol. The number of rotatable bonds is 7. The van der Waals surface area contributed by atoms with Crippen molar-refractivity contribution in [2.75, 3.05) is 0 Å². The Labute approximate surface area is 207 Å². The van der Waals surface area contributed by atoms with Crippen LogP contribution in [0.3, 0.4) is 0 Å². The average Bonchev–Trinajstić information content (AvgIpc) is 3.65. The van der Waals surface area contributed by atoms with Gasteiger partial charge in [-0.15, -0.1) is 0 Å². The molecule has 2 N–H and O–H groups in total. The summed E-state index contributed by atoms with van der Waals surface area (Å²) < 4.78 is 5.99. The van der Waals surface area contributed by atoms with E-state index in [0.717, 1.165) is 68.4 Å². The van der Waals surface area contributed by atoms with E-state index in [0.29, 0.717) is 11.5 Å². The van der Waals surface area contributed by atoms with Crippen molar-refractivity contribution in [2.24, 2.45) is 0 Å². The van der Waals surface area contributed by atoms with Crippen LogP contribution in [0.4, 0.5) is 0 Å². The Hall–Kier alpha value is -3.28. The molecule has 2 aliphatic carbocycles. The van der Waals surface area contributed by atoms with Gasteiger partial charge < -0.3 is 19.6 Å². The van der Waals surface area contributed by atoms with Gasteiger partial charge in [-0.25, -0.2) is 0 Å².